The number of benzene rings is 1. The highest BCUT2D eigenvalue weighted by molar-refractivity contribution is 6.06. The molecule has 1 saturated heterocycles. The zero-order chi connectivity index (χ0) is 27.7. The van der Waals surface area contributed by atoms with Gasteiger partial charge in [0, 0.05) is 37.0 Å². The maximum Gasteiger partial charge on any atom is 0.255 e. The van der Waals surface area contributed by atoms with Crippen LogP contribution >= 0.6 is 0 Å². The monoisotopic (exact) mass is 533 g/mol. The van der Waals surface area contributed by atoms with Crippen LogP contribution in [0.15, 0.2) is 49.3 Å². The van der Waals surface area contributed by atoms with E-state index in [0.717, 1.165) is 12.1 Å². The second-order valence-corrected chi connectivity index (χ2v) is 10.6. The van der Waals surface area contributed by atoms with E-state index in [1.807, 2.05) is 0 Å². The molecule has 1 atom stereocenters. The summed E-state index contributed by atoms with van der Waals surface area (Å²) in [7, 11) is 1.39. The van der Waals surface area contributed by atoms with E-state index < -0.39 is 5.82 Å². The largest absolute Gasteiger partial charge is 0.492 e. The number of H-pyrrole nitrogens is 1. The van der Waals surface area contributed by atoms with Crippen LogP contribution in [0.4, 0.5) is 15.8 Å². The van der Waals surface area contributed by atoms with E-state index in [2.05, 4.69) is 41.0 Å². The first-order chi connectivity index (χ1) is 18.7. The Morgan fingerprint density at radius 1 is 1.36 bits per heavy atom. The molecule has 3 N–H and O–H groups in total. The predicted octanol–water partition coefficient (Wildman–Crippen LogP) is 4.45. The van der Waals surface area contributed by atoms with Gasteiger partial charge in [0.1, 0.15) is 12.4 Å². The van der Waals surface area contributed by atoms with Crippen molar-refractivity contribution in [1.29, 1.82) is 0 Å². The van der Waals surface area contributed by atoms with Gasteiger partial charge in [-0.15, -0.1) is 0 Å². The van der Waals surface area contributed by atoms with Crippen LogP contribution in [0, 0.1) is 11.2 Å². The van der Waals surface area contributed by atoms with E-state index in [1.165, 1.54) is 19.3 Å². The number of likely N-dealkylation sites (tertiary alicyclic amines) is 1. The number of aromatic nitrogens is 2. The fraction of sp³-hybridized carbons (Fsp3) is 0.345. The standard InChI is InChI=1S/C29H32FN5O4/c1-5-23(36)35-16-29(2,3)13-17(35)15-39-22-14-31-11-9-18(22)25-26(24-20(33-25)10-12-32-28(24)37)34-21-8-6-7-19(30)27(21)38-4/h5-9,11,14,17,33-34H,1,10,12-13,15-16H2,2-4H3,(H,32,37)/t17-/m0/s1. The van der Waals surface area contributed by atoms with E-state index in [9.17, 15) is 14.0 Å². The molecule has 0 radical (unpaired) electrons. The topological polar surface area (TPSA) is 109 Å². The predicted molar refractivity (Wildman–Crippen MR) is 146 cm³/mol. The lowest BCUT2D eigenvalue weighted by molar-refractivity contribution is -0.127. The second kappa shape index (κ2) is 10.4. The van der Waals surface area contributed by atoms with Gasteiger partial charge in [-0.05, 0) is 36.1 Å². The highest BCUT2D eigenvalue weighted by Crippen LogP contribution is 2.42. The first-order valence-electron chi connectivity index (χ1n) is 12.8. The summed E-state index contributed by atoms with van der Waals surface area (Å²) in [6, 6.07) is 6.23. The van der Waals surface area contributed by atoms with Gasteiger partial charge in [0.15, 0.2) is 11.6 Å². The maximum atomic E-state index is 14.5. The summed E-state index contributed by atoms with van der Waals surface area (Å²) in [6.45, 7) is 9.27. The van der Waals surface area contributed by atoms with Crippen LogP contribution in [0.5, 0.6) is 11.5 Å². The van der Waals surface area contributed by atoms with Crippen LogP contribution in [0.2, 0.25) is 0 Å². The summed E-state index contributed by atoms with van der Waals surface area (Å²) >= 11 is 0. The van der Waals surface area contributed by atoms with Crippen LogP contribution < -0.4 is 20.1 Å². The van der Waals surface area contributed by atoms with Crippen molar-refractivity contribution in [3.63, 3.8) is 0 Å². The van der Waals surface area contributed by atoms with Crippen molar-refractivity contribution in [3.8, 4) is 22.8 Å². The highest BCUT2D eigenvalue weighted by Gasteiger charge is 2.39. The summed E-state index contributed by atoms with van der Waals surface area (Å²) < 4.78 is 26.1. The van der Waals surface area contributed by atoms with Crippen molar-refractivity contribution in [2.75, 3.05) is 32.1 Å². The van der Waals surface area contributed by atoms with Gasteiger partial charge in [0.25, 0.3) is 5.91 Å². The van der Waals surface area contributed by atoms with Gasteiger partial charge in [0.05, 0.1) is 42.0 Å². The zero-order valence-electron chi connectivity index (χ0n) is 22.3. The average Bonchev–Trinajstić information content (AvgIpc) is 3.44. The fourth-order valence-corrected chi connectivity index (χ4v) is 5.47. The molecule has 3 aromatic rings. The van der Waals surface area contributed by atoms with Crippen LogP contribution in [-0.4, -0.2) is 59.5 Å². The number of pyridine rings is 1. The minimum absolute atomic E-state index is 0.0386. The number of carbonyl (C=O) groups excluding carboxylic acids is 2. The number of nitrogens with one attached hydrogen (secondary N) is 3. The molecular formula is C29H32FN5O4. The van der Waals surface area contributed by atoms with Crippen molar-refractivity contribution in [1.82, 2.24) is 20.2 Å². The molecule has 2 aliphatic heterocycles. The third-order valence-electron chi connectivity index (χ3n) is 7.17. The van der Waals surface area contributed by atoms with Crippen molar-refractivity contribution >= 4 is 23.2 Å². The average molecular weight is 534 g/mol. The van der Waals surface area contributed by atoms with Crippen molar-refractivity contribution in [2.45, 2.75) is 32.7 Å². The Kier molecular flexibility index (Phi) is 7.03. The molecule has 0 saturated carbocycles. The molecular weight excluding hydrogens is 501 g/mol. The molecule has 0 aliphatic carbocycles. The SMILES string of the molecule is C=CC(=O)N1CC(C)(C)C[C@H]1COc1cnccc1-c1[nH]c2c(c1Nc1cccc(F)c1OC)C(=O)NCC2. The number of hydrogen-bond acceptors (Lipinski definition) is 6. The first-order valence-corrected chi connectivity index (χ1v) is 12.8. The Labute approximate surface area is 226 Å². The molecule has 204 valence electrons. The minimum atomic E-state index is -0.524. The number of nitrogens with zero attached hydrogens (tertiary/aromatic N) is 2. The van der Waals surface area contributed by atoms with Gasteiger partial charge in [0.2, 0.25) is 5.91 Å². The number of rotatable bonds is 8. The third-order valence-corrected chi connectivity index (χ3v) is 7.17. The minimum Gasteiger partial charge on any atom is -0.492 e. The molecule has 1 fully saturated rings. The van der Waals surface area contributed by atoms with Crippen LogP contribution in [-0.2, 0) is 11.2 Å². The lowest BCUT2D eigenvalue weighted by Crippen LogP contribution is -2.38. The number of para-hydroxylation sites is 1. The van der Waals surface area contributed by atoms with Crippen molar-refractivity contribution in [3.05, 3.63) is 66.4 Å². The van der Waals surface area contributed by atoms with E-state index in [-0.39, 0.29) is 35.6 Å². The van der Waals surface area contributed by atoms with Crippen LogP contribution in [0.3, 0.4) is 0 Å². The number of aromatic amines is 1. The maximum absolute atomic E-state index is 14.5. The van der Waals surface area contributed by atoms with E-state index in [1.54, 1.807) is 35.5 Å². The molecule has 2 amide bonds. The number of halogens is 1. The van der Waals surface area contributed by atoms with E-state index >= 15 is 0 Å². The number of hydrogen-bond donors (Lipinski definition) is 3. The van der Waals surface area contributed by atoms with Gasteiger partial charge >= 0.3 is 0 Å². The Bertz CT molecular complexity index is 1430. The summed E-state index contributed by atoms with van der Waals surface area (Å²) in [6.07, 6.45) is 5.97. The number of ether oxygens (including phenoxy) is 2. The molecule has 1 aromatic carbocycles. The van der Waals surface area contributed by atoms with Crippen molar-refractivity contribution < 1.29 is 23.5 Å². The number of carbonyl (C=O) groups is 2. The van der Waals surface area contributed by atoms with Gasteiger partial charge in [-0.2, -0.15) is 0 Å². The van der Waals surface area contributed by atoms with Gasteiger partial charge in [-0.1, -0.05) is 26.5 Å². The Morgan fingerprint density at radius 3 is 2.95 bits per heavy atom. The molecule has 0 bridgehead atoms. The smallest absolute Gasteiger partial charge is 0.255 e. The lowest BCUT2D eigenvalue weighted by Gasteiger charge is -2.24. The normalized spacial score (nSPS) is 17.8. The van der Waals surface area contributed by atoms with Gasteiger partial charge in [-0.25, -0.2) is 4.39 Å². The molecule has 5 rings (SSSR count). The summed E-state index contributed by atoms with van der Waals surface area (Å²) in [5, 5.41) is 6.12. The molecule has 0 unspecified atom stereocenters. The summed E-state index contributed by atoms with van der Waals surface area (Å²) in [4.78, 5) is 34.9. The lowest BCUT2D eigenvalue weighted by atomic mass is 9.91. The fourth-order valence-electron chi connectivity index (χ4n) is 5.47. The Hall–Kier alpha value is -4.34. The molecule has 39 heavy (non-hydrogen) atoms. The van der Waals surface area contributed by atoms with Crippen molar-refractivity contribution in [2.24, 2.45) is 5.41 Å². The van der Waals surface area contributed by atoms with E-state index in [0.29, 0.717) is 53.5 Å². The molecule has 0 spiro atoms. The third kappa shape index (κ3) is 5.06. The number of fused-ring (bicyclic) bond motifs is 1. The number of methoxy groups -OCH3 is 1. The van der Waals surface area contributed by atoms with E-state index in [4.69, 9.17) is 9.47 Å². The molecule has 2 aliphatic rings. The highest BCUT2D eigenvalue weighted by atomic mass is 19.1. The van der Waals surface area contributed by atoms with Gasteiger partial charge < -0.3 is 30.0 Å². The number of amides is 2. The molecule has 2 aromatic heterocycles. The van der Waals surface area contributed by atoms with Crippen LogP contribution in [0.1, 0.15) is 36.3 Å². The first kappa shape index (κ1) is 26.3. The second-order valence-electron chi connectivity index (χ2n) is 10.6. The Balaban J connectivity index is 1.52. The van der Waals surface area contributed by atoms with Crippen LogP contribution in [0.25, 0.3) is 11.3 Å². The summed E-state index contributed by atoms with van der Waals surface area (Å²) in [5.74, 6) is -0.360. The molecule has 4 heterocycles. The molecule has 10 heteroatoms. The van der Waals surface area contributed by atoms with Gasteiger partial charge in [-0.3, -0.25) is 14.6 Å². The zero-order valence-corrected chi connectivity index (χ0v) is 22.3. The Morgan fingerprint density at radius 2 is 2.18 bits per heavy atom. The number of anilines is 2. The quantitative estimate of drug-likeness (QED) is 0.370. The molecule has 9 nitrogen and oxygen atoms in total. The summed E-state index contributed by atoms with van der Waals surface area (Å²) in [5.41, 5.74) is 3.29.